The van der Waals surface area contributed by atoms with Crippen LogP contribution in [0.4, 0.5) is 0 Å². The minimum absolute atomic E-state index is 0.00334. The van der Waals surface area contributed by atoms with Crippen LogP contribution >= 0.6 is 11.6 Å². The molecule has 1 aliphatic heterocycles. The fourth-order valence-electron chi connectivity index (χ4n) is 3.20. The average Bonchev–Trinajstić information content (AvgIpc) is 3.20. The summed E-state index contributed by atoms with van der Waals surface area (Å²) in [5.41, 5.74) is 0.906. The molecule has 138 valence electrons. The van der Waals surface area contributed by atoms with Gasteiger partial charge in [-0.15, -0.1) is 0 Å². The van der Waals surface area contributed by atoms with Gasteiger partial charge in [0.2, 0.25) is 11.7 Å². The molecule has 0 bridgehead atoms. The van der Waals surface area contributed by atoms with Gasteiger partial charge < -0.3 is 10.2 Å². The second-order valence-electron chi connectivity index (χ2n) is 6.50. The maximum absolute atomic E-state index is 12.3. The minimum atomic E-state index is -0.129. The molecule has 0 radical (unpaired) electrons. The first kappa shape index (κ1) is 18.4. The van der Waals surface area contributed by atoms with Crippen molar-refractivity contribution in [1.29, 1.82) is 0 Å². The zero-order valence-electron chi connectivity index (χ0n) is 14.4. The third-order valence-corrected chi connectivity index (χ3v) is 5.01. The van der Waals surface area contributed by atoms with Crippen LogP contribution in [0.2, 0.25) is 5.02 Å². The fourth-order valence-corrected chi connectivity index (χ4v) is 3.41. The first-order chi connectivity index (χ1) is 12.6. The maximum Gasteiger partial charge on any atom is 0.291 e. The molecule has 2 N–H and O–H groups in total. The van der Waals surface area contributed by atoms with Gasteiger partial charge in [0, 0.05) is 31.1 Å². The Kier molecular flexibility index (Phi) is 6.22. The van der Waals surface area contributed by atoms with Crippen LogP contribution in [0.15, 0.2) is 30.6 Å². The number of H-pyrrole nitrogens is 1. The lowest BCUT2D eigenvalue weighted by Gasteiger charge is -2.32. The zero-order valence-corrected chi connectivity index (χ0v) is 15.2. The zero-order chi connectivity index (χ0) is 18.4. The summed E-state index contributed by atoms with van der Waals surface area (Å²) in [6.07, 6.45) is 4.50. The Morgan fingerprint density at radius 3 is 2.96 bits per heavy atom. The number of hydrogen-bond donors (Lipinski definition) is 2. The number of likely N-dealkylation sites (tertiary alicyclic amines) is 1. The van der Waals surface area contributed by atoms with Gasteiger partial charge in [0.05, 0.1) is 0 Å². The number of carbonyl (C=O) groups is 2. The highest BCUT2D eigenvalue weighted by Crippen LogP contribution is 2.22. The third-order valence-electron chi connectivity index (χ3n) is 4.64. The molecule has 2 heterocycles. The molecule has 1 fully saturated rings. The van der Waals surface area contributed by atoms with Crippen LogP contribution < -0.4 is 5.32 Å². The smallest absolute Gasteiger partial charge is 0.291 e. The van der Waals surface area contributed by atoms with Crippen LogP contribution in [0.3, 0.4) is 0 Å². The van der Waals surface area contributed by atoms with Gasteiger partial charge in [0.15, 0.2) is 0 Å². The molecule has 0 aliphatic carbocycles. The van der Waals surface area contributed by atoms with Gasteiger partial charge >= 0.3 is 0 Å². The lowest BCUT2D eigenvalue weighted by atomic mass is 9.93. The van der Waals surface area contributed by atoms with E-state index in [1.165, 1.54) is 6.33 Å². The predicted octanol–water partition coefficient (Wildman–Crippen LogP) is 2.41. The number of aromatic nitrogens is 3. The van der Waals surface area contributed by atoms with Crippen molar-refractivity contribution >= 4 is 23.4 Å². The Hall–Kier alpha value is -2.41. The normalized spacial score (nSPS) is 17.1. The van der Waals surface area contributed by atoms with Crippen molar-refractivity contribution in [3.63, 3.8) is 0 Å². The van der Waals surface area contributed by atoms with Crippen molar-refractivity contribution in [3.05, 3.63) is 47.0 Å². The van der Waals surface area contributed by atoms with Crippen LogP contribution in [0.25, 0.3) is 0 Å². The van der Waals surface area contributed by atoms with E-state index in [0.717, 1.165) is 31.4 Å². The highest BCUT2D eigenvalue weighted by atomic mass is 35.5. The third kappa shape index (κ3) is 4.82. The van der Waals surface area contributed by atoms with Gasteiger partial charge in [0.25, 0.3) is 5.91 Å². The minimum Gasteiger partial charge on any atom is -0.352 e. The summed E-state index contributed by atoms with van der Waals surface area (Å²) in [5.74, 6) is 0.462. The molecule has 2 aromatic rings. The number of rotatable bonds is 6. The summed E-state index contributed by atoms with van der Waals surface area (Å²) >= 11 is 6.09. The molecule has 0 unspecified atom stereocenters. The Labute approximate surface area is 157 Å². The number of nitrogens with one attached hydrogen (secondary N) is 2. The van der Waals surface area contributed by atoms with Gasteiger partial charge in [-0.1, -0.05) is 29.8 Å². The quantitative estimate of drug-likeness (QED) is 0.811. The molecular formula is C18H22ClN5O2. The number of aromatic amines is 1. The summed E-state index contributed by atoms with van der Waals surface area (Å²) in [7, 11) is 0. The molecular weight excluding hydrogens is 354 g/mol. The van der Waals surface area contributed by atoms with Crippen molar-refractivity contribution in [2.24, 2.45) is 5.92 Å². The van der Waals surface area contributed by atoms with Gasteiger partial charge in [-0.2, -0.15) is 5.10 Å². The molecule has 0 saturated carbocycles. The van der Waals surface area contributed by atoms with Crippen LogP contribution in [0, 0.1) is 5.92 Å². The molecule has 3 rings (SSSR count). The van der Waals surface area contributed by atoms with Crippen molar-refractivity contribution in [1.82, 2.24) is 25.4 Å². The van der Waals surface area contributed by atoms with Crippen LogP contribution in [0.1, 0.15) is 41.9 Å². The number of halogens is 1. The second-order valence-corrected chi connectivity index (χ2v) is 6.91. The predicted molar refractivity (Wildman–Crippen MR) is 97.5 cm³/mol. The molecule has 2 amide bonds. The van der Waals surface area contributed by atoms with Gasteiger partial charge in [-0.3, -0.25) is 14.7 Å². The van der Waals surface area contributed by atoms with E-state index >= 15 is 0 Å². The maximum atomic E-state index is 12.3. The topological polar surface area (TPSA) is 91.0 Å². The molecule has 26 heavy (non-hydrogen) atoms. The van der Waals surface area contributed by atoms with E-state index in [1.807, 2.05) is 24.3 Å². The number of piperidine rings is 1. The summed E-state index contributed by atoms with van der Waals surface area (Å²) < 4.78 is 0. The number of carbonyl (C=O) groups excluding carboxylic acids is 2. The molecule has 7 nitrogen and oxygen atoms in total. The Morgan fingerprint density at radius 1 is 1.35 bits per heavy atom. The molecule has 0 spiro atoms. The first-order valence-electron chi connectivity index (χ1n) is 8.78. The molecule has 1 atom stereocenters. The summed E-state index contributed by atoms with van der Waals surface area (Å²) in [4.78, 5) is 30.2. The Morgan fingerprint density at radius 2 is 2.19 bits per heavy atom. The molecule has 1 aromatic heterocycles. The van der Waals surface area contributed by atoms with Crippen molar-refractivity contribution in [3.8, 4) is 0 Å². The number of benzene rings is 1. The van der Waals surface area contributed by atoms with Crippen LogP contribution in [-0.2, 0) is 11.3 Å². The first-order valence-corrected chi connectivity index (χ1v) is 9.16. The summed E-state index contributed by atoms with van der Waals surface area (Å²) in [6.45, 7) is 1.80. The van der Waals surface area contributed by atoms with E-state index in [1.54, 1.807) is 4.90 Å². The van der Waals surface area contributed by atoms with Gasteiger partial charge in [-0.05, 0) is 36.8 Å². The van der Waals surface area contributed by atoms with Crippen molar-refractivity contribution < 1.29 is 9.59 Å². The SMILES string of the molecule is O=C(CC[C@H]1CCCN(C(=O)c2ncn[nH]2)C1)NCc1ccccc1Cl. The van der Waals surface area contributed by atoms with E-state index in [9.17, 15) is 9.59 Å². The van der Waals surface area contributed by atoms with Crippen LogP contribution in [0.5, 0.6) is 0 Å². The molecule has 1 saturated heterocycles. The average molecular weight is 376 g/mol. The highest BCUT2D eigenvalue weighted by Gasteiger charge is 2.26. The number of hydrogen-bond acceptors (Lipinski definition) is 4. The van der Waals surface area contributed by atoms with Gasteiger partial charge in [-0.25, -0.2) is 4.98 Å². The second kappa shape index (κ2) is 8.80. The Bertz CT molecular complexity index is 750. The lowest BCUT2D eigenvalue weighted by molar-refractivity contribution is -0.121. The number of nitrogens with zero attached hydrogens (tertiary/aromatic N) is 3. The standard InChI is InChI=1S/C18H22ClN5O2/c19-15-6-2-1-5-14(15)10-20-16(25)8-7-13-4-3-9-24(11-13)18(26)17-21-12-22-23-17/h1-2,5-6,12-13H,3-4,7-11H2,(H,20,25)(H,21,22,23)/t13-/m1/s1. The van der Waals surface area contributed by atoms with E-state index in [2.05, 4.69) is 20.5 Å². The van der Waals surface area contributed by atoms with E-state index in [4.69, 9.17) is 11.6 Å². The highest BCUT2D eigenvalue weighted by molar-refractivity contribution is 6.31. The van der Waals surface area contributed by atoms with Crippen molar-refractivity contribution in [2.45, 2.75) is 32.2 Å². The van der Waals surface area contributed by atoms with Crippen molar-refractivity contribution in [2.75, 3.05) is 13.1 Å². The fraction of sp³-hybridized carbons (Fsp3) is 0.444. The summed E-state index contributed by atoms with van der Waals surface area (Å²) in [5, 5.41) is 9.89. The molecule has 1 aromatic carbocycles. The van der Waals surface area contributed by atoms with E-state index in [0.29, 0.717) is 30.5 Å². The van der Waals surface area contributed by atoms with Crippen LogP contribution in [-0.4, -0.2) is 45.0 Å². The molecule has 8 heteroatoms. The molecule has 1 aliphatic rings. The van der Waals surface area contributed by atoms with Gasteiger partial charge in [0.1, 0.15) is 6.33 Å². The largest absolute Gasteiger partial charge is 0.352 e. The number of amides is 2. The van der Waals surface area contributed by atoms with E-state index < -0.39 is 0 Å². The van der Waals surface area contributed by atoms with E-state index in [-0.39, 0.29) is 17.6 Å². The summed E-state index contributed by atoms with van der Waals surface area (Å²) in [6, 6.07) is 7.47. The lowest BCUT2D eigenvalue weighted by Crippen LogP contribution is -2.40. The Balaban J connectivity index is 1.43. The monoisotopic (exact) mass is 375 g/mol.